The van der Waals surface area contributed by atoms with E-state index in [1.807, 2.05) is 28.9 Å². The van der Waals surface area contributed by atoms with E-state index in [-0.39, 0.29) is 11.8 Å². The maximum absolute atomic E-state index is 12.9. The van der Waals surface area contributed by atoms with Crippen molar-refractivity contribution in [2.24, 2.45) is 0 Å². The highest BCUT2D eigenvalue weighted by Crippen LogP contribution is 2.26. The Kier molecular flexibility index (Phi) is 5.22. The third kappa shape index (κ3) is 3.34. The Bertz CT molecular complexity index is 602. The molecule has 1 N–H and O–H groups in total. The number of methoxy groups -OCH3 is 1. The van der Waals surface area contributed by atoms with Crippen molar-refractivity contribution in [2.75, 3.05) is 46.4 Å². The number of thiophene rings is 1. The van der Waals surface area contributed by atoms with E-state index >= 15 is 0 Å². The average Bonchev–Trinajstić information content (AvgIpc) is 3.07. The van der Waals surface area contributed by atoms with E-state index in [4.69, 9.17) is 4.74 Å². The van der Waals surface area contributed by atoms with Gasteiger partial charge in [-0.25, -0.2) is 0 Å². The molecule has 2 saturated heterocycles. The Hall–Kier alpha value is -1.44. The molecule has 0 aliphatic carbocycles. The molecule has 132 valence electrons. The van der Waals surface area contributed by atoms with Crippen LogP contribution in [0, 0.1) is 6.92 Å². The first-order valence-electron chi connectivity index (χ1n) is 8.47. The lowest BCUT2D eigenvalue weighted by Gasteiger charge is -2.42. The maximum atomic E-state index is 12.9. The highest BCUT2D eigenvalue weighted by molar-refractivity contribution is 7.13. The fraction of sp³-hybridized carbons (Fsp3) is 0.647. The van der Waals surface area contributed by atoms with Gasteiger partial charge in [0.2, 0.25) is 0 Å². The van der Waals surface area contributed by atoms with Crippen molar-refractivity contribution in [3.63, 3.8) is 0 Å². The molecular weight excluding hydrogens is 326 g/mol. The van der Waals surface area contributed by atoms with Crippen LogP contribution in [0.25, 0.3) is 0 Å². The summed E-state index contributed by atoms with van der Waals surface area (Å²) in [4.78, 5) is 31.1. The zero-order valence-electron chi connectivity index (χ0n) is 14.3. The van der Waals surface area contributed by atoms with E-state index < -0.39 is 5.60 Å². The standard InChI is InChI=1S/C17H25N3O3S/c1-13-3-4-14(24-13)15(21)19-9-11-20(12-10-19)16(22)17(23-2)5-7-18-8-6-17/h3-4,18H,5-12H2,1-2H3. The van der Waals surface area contributed by atoms with Gasteiger partial charge in [-0.1, -0.05) is 0 Å². The lowest BCUT2D eigenvalue weighted by Crippen LogP contribution is -2.59. The molecular formula is C17H25N3O3S. The predicted molar refractivity (Wildman–Crippen MR) is 93.4 cm³/mol. The van der Waals surface area contributed by atoms with Gasteiger partial charge < -0.3 is 19.9 Å². The van der Waals surface area contributed by atoms with Crippen LogP contribution < -0.4 is 5.32 Å². The molecule has 24 heavy (non-hydrogen) atoms. The van der Waals surface area contributed by atoms with Crippen LogP contribution in [-0.2, 0) is 9.53 Å². The van der Waals surface area contributed by atoms with Crippen LogP contribution >= 0.6 is 11.3 Å². The molecule has 0 atom stereocenters. The number of hydrogen-bond donors (Lipinski definition) is 1. The van der Waals surface area contributed by atoms with Crippen LogP contribution in [0.1, 0.15) is 27.4 Å². The van der Waals surface area contributed by atoms with Gasteiger partial charge in [-0.15, -0.1) is 11.3 Å². The minimum absolute atomic E-state index is 0.0727. The Morgan fingerprint density at radius 2 is 1.75 bits per heavy atom. The molecule has 0 unspecified atom stereocenters. The molecule has 7 heteroatoms. The van der Waals surface area contributed by atoms with Crippen LogP contribution in [0.2, 0.25) is 0 Å². The number of amides is 2. The molecule has 0 bridgehead atoms. The summed E-state index contributed by atoms with van der Waals surface area (Å²) in [6.07, 6.45) is 1.41. The number of hydrogen-bond acceptors (Lipinski definition) is 5. The minimum atomic E-state index is -0.692. The molecule has 0 spiro atoms. The molecule has 6 nitrogen and oxygen atoms in total. The van der Waals surface area contributed by atoms with Gasteiger partial charge >= 0.3 is 0 Å². The second kappa shape index (κ2) is 7.21. The fourth-order valence-electron chi connectivity index (χ4n) is 3.44. The number of carbonyl (C=O) groups is 2. The Labute approximate surface area is 146 Å². The van der Waals surface area contributed by atoms with Crippen molar-refractivity contribution in [2.45, 2.75) is 25.4 Å². The fourth-order valence-corrected chi connectivity index (χ4v) is 4.28. The van der Waals surface area contributed by atoms with Gasteiger partial charge in [-0.2, -0.15) is 0 Å². The monoisotopic (exact) mass is 351 g/mol. The normalized spacial score (nSPS) is 20.9. The van der Waals surface area contributed by atoms with Crippen LogP contribution in [0.15, 0.2) is 12.1 Å². The van der Waals surface area contributed by atoms with Crippen molar-refractivity contribution in [3.8, 4) is 0 Å². The summed E-state index contributed by atoms with van der Waals surface area (Å²) >= 11 is 1.52. The Balaban J connectivity index is 1.60. The number of nitrogens with one attached hydrogen (secondary N) is 1. The van der Waals surface area contributed by atoms with Gasteiger partial charge in [-0.3, -0.25) is 9.59 Å². The van der Waals surface area contributed by atoms with Gasteiger partial charge in [0.15, 0.2) is 0 Å². The second-order valence-corrected chi connectivity index (χ2v) is 7.73. The Morgan fingerprint density at radius 3 is 2.29 bits per heavy atom. The maximum Gasteiger partial charge on any atom is 0.264 e. The minimum Gasteiger partial charge on any atom is -0.368 e. The van der Waals surface area contributed by atoms with Crippen molar-refractivity contribution < 1.29 is 14.3 Å². The van der Waals surface area contributed by atoms with Gasteiger partial charge in [0.05, 0.1) is 4.88 Å². The molecule has 2 aliphatic heterocycles. The van der Waals surface area contributed by atoms with E-state index in [1.165, 1.54) is 11.3 Å². The molecule has 1 aromatic heterocycles. The number of piperidine rings is 1. The van der Waals surface area contributed by atoms with Crippen molar-refractivity contribution in [1.82, 2.24) is 15.1 Å². The largest absolute Gasteiger partial charge is 0.368 e. The van der Waals surface area contributed by atoms with Crippen LogP contribution in [-0.4, -0.2) is 73.6 Å². The number of rotatable bonds is 3. The topological polar surface area (TPSA) is 61.9 Å². The lowest BCUT2D eigenvalue weighted by atomic mass is 9.90. The number of carbonyl (C=O) groups excluding carboxylic acids is 2. The van der Waals surface area contributed by atoms with Crippen LogP contribution in [0.3, 0.4) is 0 Å². The van der Waals surface area contributed by atoms with Gasteiger partial charge in [0.25, 0.3) is 11.8 Å². The number of aryl methyl sites for hydroxylation is 1. The molecule has 3 heterocycles. The van der Waals surface area contributed by atoms with E-state index in [9.17, 15) is 9.59 Å². The molecule has 2 fully saturated rings. The van der Waals surface area contributed by atoms with Gasteiger partial charge in [-0.05, 0) is 45.0 Å². The summed E-state index contributed by atoms with van der Waals surface area (Å²) in [6, 6.07) is 3.85. The first-order chi connectivity index (χ1) is 11.6. The average molecular weight is 351 g/mol. The second-order valence-electron chi connectivity index (χ2n) is 6.44. The van der Waals surface area contributed by atoms with Crippen LogP contribution in [0.5, 0.6) is 0 Å². The van der Waals surface area contributed by atoms with E-state index in [1.54, 1.807) is 7.11 Å². The molecule has 0 radical (unpaired) electrons. The lowest BCUT2D eigenvalue weighted by molar-refractivity contribution is -0.159. The highest BCUT2D eigenvalue weighted by atomic mass is 32.1. The summed E-state index contributed by atoms with van der Waals surface area (Å²) in [5.74, 6) is 0.147. The van der Waals surface area contributed by atoms with Crippen LogP contribution in [0.4, 0.5) is 0 Å². The first kappa shape index (κ1) is 17.4. The molecule has 2 aliphatic rings. The van der Waals surface area contributed by atoms with E-state index in [0.29, 0.717) is 39.0 Å². The highest BCUT2D eigenvalue weighted by Gasteiger charge is 2.43. The third-order valence-electron chi connectivity index (χ3n) is 5.00. The van der Waals surface area contributed by atoms with Crippen molar-refractivity contribution in [1.29, 1.82) is 0 Å². The Morgan fingerprint density at radius 1 is 1.12 bits per heavy atom. The van der Waals surface area contributed by atoms with Gasteiger partial charge in [0, 0.05) is 38.2 Å². The predicted octanol–water partition coefficient (Wildman–Crippen LogP) is 1.11. The SMILES string of the molecule is COC1(C(=O)N2CCN(C(=O)c3ccc(C)s3)CC2)CCNCC1. The molecule has 1 aromatic rings. The number of piperazine rings is 1. The zero-order valence-corrected chi connectivity index (χ0v) is 15.2. The first-order valence-corrected chi connectivity index (χ1v) is 9.28. The number of ether oxygens (including phenoxy) is 1. The van der Waals surface area contributed by atoms with Gasteiger partial charge in [0.1, 0.15) is 5.60 Å². The third-order valence-corrected chi connectivity index (χ3v) is 5.99. The molecule has 3 rings (SSSR count). The summed E-state index contributed by atoms with van der Waals surface area (Å²) in [5.41, 5.74) is -0.692. The van der Waals surface area contributed by atoms with E-state index in [0.717, 1.165) is 22.8 Å². The van der Waals surface area contributed by atoms with Crippen molar-refractivity contribution >= 4 is 23.2 Å². The quantitative estimate of drug-likeness (QED) is 0.886. The zero-order chi connectivity index (χ0) is 17.2. The number of nitrogens with zero attached hydrogens (tertiary/aromatic N) is 2. The summed E-state index contributed by atoms with van der Waals surface area (Å²) in [7, 11) is 1.63. The van der Waals surface area contributed by atoms with Crippen molar-refractivity contribution in [3.05, 3.63) is 21.9 Å². The molecule has 2 amide bonds. The molecule has 0 aromatic carbocycles. The molecule has 0 saturated carbocycles. The summed E-state index contributed by atoms with van der Waals surface area (Å²) < 4.78 is 5.63. The van der Waals surface area contributed by atoms with E-state index in [2.05, 4.69) is 5.32 Å². The summed E-state index contributed by atoms with van der Waals surface area (Å²) in [6.45, 7) is 5.92. The smallest absolute Gasteiger partial charge is 0.264 e. The summed E-state index contributed by atoms with van der Waals surface area (Å²) in [5, 5.41) is 3.27.